The number of aromatic nitrogens is 3. The largest absolute Gasteiger partial charge is 0.217 e. The Bertz CT molecular complexity index is 774. The third-order valence-corrected chi connectivity index (χ3v) is 3.68. The summed E-state index contributed by atoms with van der Waals surface area (Å²) in [5, 5.41) is 23.2. The van der Waals surface area contributed by atoms with E-state index in [1.807, 2.05) is 0 Å². The zero-order valence-electron chi connectivity index (χ0n) is 10.8. The summed E-state index contributed by atoms with van der Waals surface area (Å²) < 4.78 is 1.47. The van der Waals surface area contributed by atoms with Crippen LogP contribution < -0.4 is 0 Å². The van der Waals surface area contributed by atoms with Crippen molar-refractivity contribution in [3.8, 4) is 18.0 Å². The summed E-state index contributed by atoms with van der Waals surface area (Å²) in [4.78, 5) is 4.28. The molecule has 3 rings (SSSR count). The number of nitriles is 2. The number of hydrogen-bond acceptors (Lipinski definition) is 4. The molecule has 0 radical (unpaired) electrons. The van der Waals surface area contributed by atoms with Gasteiger partial charge in [0.15, 0.2) is 5.82 Å². The average molecular weight is 284 g/mol. The zero-order valence-corrected chi connectivity index (χ0v) is 11.5. The molecular weight excluding hydrogens is 274 g/mol. The van der Waals surface area contributed by atoms with Gasteiger partial charge < -0.3 is 0 Å². The first-order valence-corrected chi connectivity index (χ1v) is 6.53. The third-order valence-electron chi connectivity index (χ3n) is 3.47. The quantitative estimate of drug-likeness (QED) is 0.794. The molecule has 1 aliphatic rings. The molecule has 0 amide bonds. The summed E-state index contributed by atoms with van der Waals surface area (Å²) in [5.74, 6) is 0.473. The molecule has 0 bridgehead atoms. The van der Waals surface area contributed by atoms with Crippen LogP contribution in [0.1, 0.15) is 29.8 Å². The molecule has 6 heteroatoms. The van der Waals surface area contributed by atoms with Crippen molar-refractivity contribution in [3.05, 3.63) is 40.3 Å². The van der Waals surface area contributed by atoms with Crippen LogP contribution in [-0.2, 0) is 5.41 Å². The Morgan fingerprint density at radius 3 is 2.70 bits per heavy atom. The molecule has 0 aromatic carbocycles. The second-order valence-electron chi connectivity index (χ2n) is 4.89. The number of aryl methyl sites for hydroxylation is 1. The lowest BCUT2D eigenvalue weighted by Crippen LogP contribution is -2.13. The fraction of sp³-hybridized carbons (Fsp3) is 0.286. The summed E-state index contributed by atoms with van der Waals surface area (Å²) in [6.45, 7) is 1.80. The Balaban J connectivity index is 2.26. The van der Waals surface area contributed by atoms with E-state index in [2.05, 4.69) is 22.2 Å². The first kappa shape index (κ1) is 12.7. The summed E-state index contributed by atoms with van der Waals surface area (Å²) in [6.07, 6.45) is 1.59. The van der Waals surface area contributed by atoms with E-state index in [0.29, 0.717) is 16.7 Å². The Morgan fingerprint density at radius 2 is 2.10 bits per heavy atom. The molecule has 0 saturated heterocycles. The van der Waals surface area contributed by atoms with E-state index < -0.39 is 5.41 Å². The molecule has 20 heavy (non-hydrogen) atoms. The van der Waals surface area contributed by atoms with Crippen LogP contribution in [-0.4, -0.2) is 14.8 Å². The first-order chi connectivity index (χ1) is 9.59. The zero-order chi connectivity index (χ0) is 14.3. The number of pyridine rings is 1. The van der Waals surface area contributed by atoms with Gasteiger partial charge >= 0.3 is 0 Å². The van der Waals surface area contributed by atoms with Crippen molar-refractivity contribution in [2.45, 2.75) is 25.2 Å². The van der Waals surface area contributed by atoms with Crippen molar-refractivity contribution in [1.29, 1.82) is 10.5 Å². The summed E-state index contributed by atoms with van der Waals surface area (Å²) in [5.41, 5.74) is 1.37. The lowest BCUT2D eigenvalue weighted by Gasteiger charge is -2.13. The van der Waals surface area contributed by atoms with Gasteiger partial charge in [0.1, 0.15) is 16.9 Å². The minimum absolute atomic E-state index is 0.314. The van der Waals surface area contributed by atoms with Crippen molar-refractivity contribution in [2.24, 2.45) is 0 Å². The summed E-state index contributed by atoms with van der Waals surface area (Å²) in [6, 6.07) is 9.57. The molecule has 2 aromatic rings. The van der Waals surface area contributed by atoms with Crippen molar-refractivity contribution in [2.75, 3.05) is 0 Å². The minimum atomic E-state index is -0.514. The number of rotatable bonds is 2. The highest BCUT2D eigenvalue weighted by Gasteiger charge is 2.47. The Labute approximate surface area is 121 Å². The van der Waals surface area contributed by atoms with Gasteiger partial charge in [-0.15, -0.1) is 0 Å². The molecule has 0 aliphatic heterocycles. The standard InChI is InChI=1S/C14H10ClN5/c1-9-6-10(7-16)20(19-9)13-11(2-3-12(15)18-13)14(8-17)4-5-14/h2-3,6H,4-5H2,1H3. The second-order valence-corrected chi connectivity index (χ2v) is 5.28. The van der Waals surface area contributed by atoms with Gasteiger partial charge in [-0.2, -0.15) is 15.6 Å². The second kappa shape index (κ2) is 4.33. The number of halogens is 1. The number of nitrogens with zero attached hydrogens (tertiary/aromatic N) is 5. The van der Waals surface area contributed by atoms with E-state index in [-0.39, 0.29) is 0 Å². The van der Waals surface area contributed by atoms with E-state index in [9.17, 15) is 10.5 Å². The van der Waals surface area contributed by atoms with Crippen LogP contribution in [0.5, 0.6) is 0 Å². The molecule has 98 valence electrons. The smallest absolute Gasteiger partial charge is 0.161 e. The summed E-state index contributed by atoms with van der Waals surface area (Å²) >= 11 is 5.96. The topological polar surface area (TPSA) is 78.3 Å². The van der Waals surface area contributed by atoms with E-state index in [4.69, 9.17) is 11.6 Å². The molecule has 1 aliphatic carbocycles. The van der Waals surface area contributed by atoms with Gasteiger partial charge in [-0.1, -0.05) is 17.7 Å². The Kier molecular flexibility index (Phi) is 2.74. The van der Waals surface area contributed by atoms with Crippen molar-refractivity contribution >= 4 is 11.6 Å². The van der Waals surface area contributed by atoms with Crippen LogP contribution >= 0.6 is 11.6 Å². The lowest BCUT2D eigenvalue weighted by molar-refractivity contribution is 0.779. The molecule has 0 spiro atoms. The normalized spacial score (nSPS) is 15.4. The van der Waals surface area contributed by atoms with Crippen LogP contribution in [0, 0.1) is 29.6 Å². The van der Waals surface area contributed by atoms with Gasteiger partial charge in [-0.3, -0.25) is 0 Å². The molecule has 0 atom stereocenters. The Hall–Kier alpha value is -2.37. The molecule has 0 unspecified atom stereocenters. The molecule has 1 saturated carbocycles. The molecule has 1 fully saturated rings. The Morgan fingerprint density at radius 1 is 1.35 bits per heavy atom. The van der Waals surface area contributed by atoms with Crippen LogP contribution in [0.25, 0.3) is 5.82 Å². The fourth-order valence-corrected chi connectivity index (χ4v) is 2.41. The summed E-state index contributed by atoms with van der Waals surface area (Å²) in [7, 11) is 0. The minimum Gasteiger partial charge on any atom is -0.217 e. The molecule has 0 N–H and O–H groups in total. The highest BCUT2D eigenvalue weighted by atomic mass is 35.5. The maximum absolute atomic E-state index is 9.38. The van der Waals surface area contributed by atoms with Crippen molar-refractivity contribution in [3.63, 3.8) is 0 Å². The molecule has 2 heterocycles. The van der Waals surface area contributed by atoms with E-state index in [1.165, 1.54) is 4.68 Å². The lowest BCUT2D eigenvalue weighted by atomic mass is 9.98. The van der Waals surface area contributed by atoms with Crippen LogP contribution in [0.15, 0.2) is 18.2 Å². The van der Waals surface area contributed by atoms with Gasteiger partial charge in [-0.05, 0) is 31.9 Å². The van der Waals surface area contributed by atoms with Gasteiger partial charge in [0.25, 0.3) is 0 Å². The molecule has 5 nitrogen and oxygen atoms in total. The van der Waals surface area contributed by atoms with Crippen LogP contribution in [0.3, 0.4) is 0 Å². The molecular formula is C14H10ClN5. The predicted octanol–water partition coefficient (Wildman–Crippen LogP) is 2.66. The maximum Gasteiger partial charge on any atom is 0.161 e. The van der Waals surface area contributed by atoms with Gasteiger partial charge in [0, 0.05) is 5.56 Å². The van der Waals surface area contributed by atoms with Gasteiger partial charge in [0.05, 0.1) is 17.2 Å². The predicted molar refractivity (Wildman–Crippen MR) is 72.3 cm³/mol. The third kappa shape index (κ3) is 1.84. The average Bonchev–Trinajstić information content (AvgIpc) is 3.15. The maximum atomic E-state index is 9.38. The highest BCUT2D eigenvalue weighted by molar-refractivity contribution is 6.29. The van der Waals surface area contributed by atoms with Crippen molar-refractivity contribution in [1.82, 2.24) is 14.8 Å². The van der Waals surface area contributed by atoms with Crippen LogP contribution in [0.4, 0.5) is 0 Å². The SMILES string of the molecule is Cc1cc(C#N)n(-c2nc(Cl)ccc2C2(C#N)CC2)n1. The van der Waals surface area contributed by atoms with E-state index in [0.717, 1.165) is 24.1 Å². The van der Waals surface area contributed by atoms with Gasteiger partial charge in [-0.25, -0.2) is 9.67 Å². The van der Waals surface area contributed by atoms with E-state index in [1.54, 1.807) is 25.1 Å². The number of hydrogen-bond donors (Lipinski definition) is 0. The fourth-order valence-electron chi connectivity index (χ4n) is 2.27. The van der Waals surface area contributed by atoms with Gasteiger partial charge in [0.2, 0.25) is 0 Å². The first-order valence-electron chi connectivity index (χ1n) is 6.15. The monoisotopic (exact) mass is 283 g/mol. The van der Waals surface area contributed by atoms with Crippen LogP contribution in [0.2, 0.25) is 5.15 Å². The highest BCUT2D eigenvalue weighted by Crippen LogP contribution is 2.49. The van der Waals surface area contributed by atoms with Crippen molar-refractivity contribution < 1.29 is 0 Å². The molecule has 2 aromatic heterocycles. The van der Waals surface area contributed by atoms with E-state index >= 15 is 0 Å².